The Bertz CT molecular complexity index is 1020. The second kappa shape index (κ2) is 12.1. The van der Waals surface area contributed by atoms with Gasteiger partial charge in [0.2, 0.25) is 5.88 Å². The number of aliphatic hydroxyl groups excluding tert-OH is 1. The topological polar surface area (TPSA) is 59.8 Å². The Kier molecular flexibility index (Phi) is 9.21. The molecule has 0 radical (unpaired) electrons. The molecule has 0 amide bonds. The van der Waals surface area contributed by atoms with Crippen LogP contribution in [0.15, 0.2) is 54.6 Å². The minimum absolute atomic E-state index is 0.0636. The van der Waals surface area contributed by atoms with E-state index in [1.54, 1.807) is 16.8 Å². The summed E-state index contributed by atoms with van der Waals surface area (Å²) in [6.45, 7) is 11.5. The van der Waals surface area contributed by atoms with Crippen LogP contribution in [0, 0.1) is 5.82 Å². The van der Waals surface area contributed by atoms with E-state index in [0.717, 1.165) is 16.9 Å². The molecule has 2 aromatic carbocycles. The third kappa shape index (κ3) is 6.88. The molecule has 0 fully saturated rings. The summed E-state index contributed by atoms with van der Waals surface area (Å²) in [7, 11) is 0. The van der Waals surface area contributed by atoms with Crippen LogP contribution in [0.5, 0.6) is 11.6 Å². The fourth-order valence-electron chi connectivity index (χ4n) is 3.67. The zero-order valence-electron chi connectivity index (χ0n) is 20.7. The second-order valence-corrected chi connectivity index (χ2v) is 8.95. The Morgan fingerprint density at radius 3 is 2.29 bits per heavy atom. The number of hydrogen-bond acceptors (Lipinski definition) is 5. The first kappa shape index (κ1) is 25.9. The van der Waals surface area contributed by atoms with E-state index in [9.17, 15) is 9.50 Å². The average molecular weight is 470 g/mol. The molecule has 1 N–H and O–H groups in total. The number of ether oxygens (including phenoxy) is 2. The van der Waals surface area contributed by atoms with Gasteiger partial charge in [0, 0.05) is 19.1 Å². The van der Waals surface area contributed by atoms with Gasteiger partial charge in [0.15, 0.2) is 0 Å². The largest absolute Gasteiger partial charge is 0.439 e. The Morgan fingerprint density at radius 1 is 1.03 bits per heavy atom. The highest BCUT2D eigenvalue weighted by molar-refractivity contribution is 5.44. The summed E-state index contributed by atoms with van der Waals surface area (Å²) in [6.07, 6.45) is 0.161. The molecule has 3 aromatic rings. The normalized spacial score (nSPS) is 12.6. The quantitative estimate of drug-likeness (QED) is 0.387. The van der Waals surface area contributed by atoms with Crippen molar-refractivity contribution >= 4 is 0 Å². The molecule has 1 aromatic heterocycles. The Hall–Kier alpha value is -2.74. The fourth-order valence-corrected chi connectivity index (χ4v) is 3.67. The SMILES string of the molecule is CCc1nn(-c2ccc(F)cc2)c(Oc2ccccc2)c1CN(C[C@H](O)COC(C)C)C(C)C. The van der Waals surface area contributed by atoms with E-state index in [-0.39, 0.29) is 24.6 Å². The molecule has 1 heterocycles. The molecule has 0 aliphatic carbocycles. The third-order valence-electron chi connectivity index (χ3n) is 5.54. The summed E-state index contributed by atoms with van der Waals surface area (Å²) in [6, 6.07) is 15.9. The monoisotopic (exact) mass is 469 g/mol. The zero-order valence-corrected chi connectivity index (χ0v) is 20.7. The number of hydrogen-bond donors (Lipinski definition) is 1. The number of rotatable bonds is 12. The lowest BCUT2D eigenvalue weighted by Gasteiger charge is -2.29. The van der Waals surface area contributed by atoms with Crippen molar-refractivity contribution in [2.45, 2.75) is 65.8 Å². The highest BCUT2D eigenvalue weighted by Gasteiger charge is 2.25. The highest BCUT2D eigenvalue weighted by Crippen LogP contribution is 2.32. The maximum atomic E-state index is 13.6. The molecule has 34 heavy (non-hydrogen) atoms. The molecular formula is C27H36FN3O3. The van der Waals surface area contributed by atoms with E-state index in [0.29, 0.717) is 31.1 Å². The highest BCUT2D eigenvalue weighted by atomic mass is 19.1. The van der Waals surface area contributed by atoms with Gasteiger partial charge in [-0.25, -0.2) is 9.07 Å². The van der Waals surface area contributed by atoms with E-state index in [1.165, 1.54) is 12.1 Å². The van der Waals surface area contributed by atoms with E-state index in [2.05, 4.69) is 25.7 Å². The molecule has 0 saturated heterocycles. The maximum Gasteiger partial charge on any atom is 0.227 e. The van der Waals surface area contributed by atoms with Gasteiger partial charge in [0.25, 0.3) is 0 Å². The molecule has 0 aliphatic heterocycles. The lowest BCUT2D eigenvalue weighted by atomic mass is 10.1. The van der Waals surface area contributed by atoms with Crippen molar-refractivity contribution in [3.8, 4) is 17.3 Å². The van der Waals surface area contributed by atoms with Crippen LogP contribution in [0.2, 0.25) is 0 Å². The fraction of sp³-hybridized carbons (Fsp3) is 0.444. The van der Waals surface area contributed by atoms with Crippen LogP contribution in [0.4, 0.5) is 4.39 Å². The number of aromatic nitrogens is 2. The van der Waals surface area contributed by atoms with Crippen molar-refractivity contribution in [3.63, 3.8) is 0 Å². The molecule has 184 valence electrons. The minimum atomic E-state index is -0.611. The predicted octanol–water partition coefficient (Wildman–Crippen LogP) is 5.36. The smallest absolute Gasteiger partial charge is 0.227 e. The average Bonchev–Trinajstić information content (AvgIpc) is 3.15. The van der Waals surface area contributed by atoms with Crippen LogP contribution in [-0.2, 0) is 17.7 Å². The predicted molar refractivity (Wildman–Crippen MR) is 132 cm³/mol. The van der Waals surface area contributed by atoms with Gasteiger partial charge < -0.3 is 14.6 Å². The summed E-state index contributed by atoms with van der Waals surface area (Å²) in [5.41, 5.74) is 2.56. The molecule has 0 saturated carbocycles. The van der Waals surface area contributed by atoms with Gasteiger partial charge in [-0.05, 0) is 70.5 Å². The molecule has 0 unspecified atom stereocenters. The third-order valence-corrected chi connectivity index (χ3v) is 5.54. The second-order valence-electron chi connectivity index (χ2n) is 8.95. The number of benzene rings is 2. The van der Waals surface area contributed by atoms with Crippen LogP contribution in [0.3, 0.4) is 0 Å². The van der Waals surface area contributed by atoms with Gasteiger partial charge in [0.05, 0.1) is 35.8 Å². The zero-order chi connectivity index (χ0) is 24.7. The molecule has 0 spiro atoms. The number of nitrogens with zero attached hydrogens (tertiary/aromatic N) is 3. The van der Waals surface area contributed by atoms with E-state index < -0.39 is 6.10 Å². The Morgan fingerprint density at radius 2 is 1.71 bits per heavy atom. The summed E-state index contributed by atoms with van der Waals surface area (Å²) < 4.78 is 27.3. The molecular weight excluding hydrogens is 433 g/mol. The van der Waals surface area contributed by atoms with Crippen LogP contribution in [0.1, 0.15) is 45.9 Å². The van der Waals surface area contributed by atoms with E-state index in [1.807, 2.05) is 44.2 Å². The van der Waals surface area contributed by atoms with Crippen LogP contribution in [-0.4, -0.2) is 51.2 Å². The Balaban J connectivity index is 1.99. The minimum Gasteiger partial charge on any atom is -0.439 e. The summed E-state index contributed by atoms with van der Waals surface area (Å²) in [4.78, 5) is 2.19. The maximum absolute atomic E-state index is 13.6. The van der Waals surface area contributed by atoms with Crippen LogP contribution >= 0.6 is 0 Å². The van der Waals surface area contributed by atoms with Gasteiger partial charge in [-0.1, -0.05) is 25.1 Å². The number of aryl methyl sites for hydroxylation is 1. The molecule has 1 atom stereocenters. The van der Waals surface area contributed by atoms with E-state index >= 15 is 0 Å². The summed E-state index contributed by atoms with van der Waals surface area (Å²) >= 11 is 0. The lowest BCUT2D eigenvalue weighted by molar-refractivity contribution is -0.0137. The summed E-state index contributed by atoms with van der Waals surface area (Å²) in [5.74, 6) is 0.977. The molecule has 0 bridgehead atoms. The lowest BCUT2D eigenvalue weighted by Crippen LogP contribution is -2.39. The Labute approximate surface area is 201 Å². The molecule has 6 nitrogen and oxygen atoms in total. The molecule has 0 aliphatic rings. The van der Waals surface area contributed by atoms with Crippen molar-refractivity contribution in [1.29, 1.82) is 0 Å². The van der Waals surface area contributed by atoms with Gasteiger partial charge in [0.1, 0.15) is 11.6 Å². The van der Waals surface area contributed by atoms with Crippen molar-refractivity contribution in [2.75, 3.05) is 13.2 Å². The van der Waals surface area contributed by atoms with Crippen LogP contribution < -0.4 is 4.74 Å². The van der Waals surface area contributed by atoms with Gasteiger partial charge in [-0.15, -0.1) is 0 Å². The van der Waals surface area contributed by atoms with Gasteiger partial charge >= 0.3 is 0 Å². The standard InChI is InChI=1S/C27H36FN3O3/c1-6-26-25(17-30(19(2)3)16-23(32)18-33-20(4)5)27(34-24-10-8-7-9-11-24)31(29-26)22-14-12-21(28)13-15-22/h7-15,19-20,23,32H,6,16-18H2,1-5H3/t23-/m0/s1. The number of para-hydroxylation sites is 1. The number of halogens is 1. The van der Waals surface area contributed by atoms with Gasteiger partial charge in [-0.3, -0.25) is 4.90 Å². The van der Waals surface area contributed by atoms with Crippen molar-refractivity contribution in [2.24, 2.45) is 0 Å². The first-order valence-corrected chi connectivity index (χ1v) is 11.9. The number of aliphatic hydroxyl groups is 1. The van der Waals surface area contributed by atoms with E-state index in [4.69, 9.17) is 14.6 Å². The first-order valence-electron chi connectivity index (χ1n) is 11.9. The molecule has 3 rings (SSSR count). The first-order chi connectivity index (χ1) is 16.3. The van der Waals surface area contributed by atoms with Crippen molar-refractivity contribution < 1.29 is 19.0 Å². The van der Waals surface area contributed by atoms with Crippen molar-refractivity contribution in [1.82, 2.24) is 14.7 Å². The molecule has 7 heteroatoms. The van der Waals surface area contributed by atoms with Crippen LogP contribution in [0.25, 0.3) is 5.69 Å². The summed E-state index contributed by atoms with van der Waals surface area (Å²) in [5, 5.41) is 15.4. The van der Waals surface area contributed by atoms with Crippen molar-refractivity contribution in [3.05, 3.63) is 71.7 Å². The van der Waals surface area contributed by atoms with Gasteiger partial charge in [-0.2, -0.15) is 5.10 Å².